The van der Waals surface area contributed by atoms with Crippen molar-refractivity contribution in [1.29, 1.82) is 0 Å². The molecule has 100 valence electrons. The van der Waals surface area contributed by atoms with E-state index in [1.165, 1.54) is 0 Å². The van der Waals surface area contributed by atoms with Crippen molar-refractivity contribution in [2.75, 3.05) is 0 Å². The number of hydrogen-bond donors (Lipinski definition) is 2. The van der Waals surface area contributed by atoms with Crippen LogP contribution in [0.2, 0.25) is 0 Å². The van der Waals surface area contributed by atoms with Crippen molar-refractivity contribution in [1.82, 2.24) is 0 Å². The lowest BCUT2D eigenvalue weighted by Gasteiger charge is -2.18. The average Bonchev–Trinajstić information content (AvgIpc) is 2.38. The molecule has 0 aliphatic heterocycles. The second-order valence-corrected chi connectivity index (χ2v) is 4.21. The number of carbonyl (C=O) groups is 2. The largest absolute Gasteiger partial charge is 0.481 e. The summed E-state index contributed by atoms with van der Waals surface area (Å²) < 4.78 is 0. The van der Waals surface area contributed by atoms with Gasteiger partial charge in [0.25, 0.3) is 0 Å². The molecule has 0 saturated heterocycles. The van der Waals surface area contributed by atoms with Gasteiger partial charge in [0.05, 0.1) is 11.8 Å². The van der Waals surface area contributed by atoms with Crippen LogP contribution >= 0.6 is 0 Å². The van der Waals surface area contributed by atoms with Gasteiger partial charge in [-0.1, -0.05) is 30.3 Å². The van der Waals surface area contributed by atoms with Crippen molar-refractivity contribution < 1.29 is 19.8 Å². The second kappa shape index (κ2) is 7.22. The van der Waals surface area contributed by atoms with E-state index in [0.29, 0.717) is 0 Å². The van der Waals surface area contributed by atoms with Gasteiger partial charge in [0.2, 0.25) is 0 Å². The topological polar surface area (TPSA) is 74.6 Å². The molecule has 19 heavy (non-hydrogen) atoms. The Morgan fingerprint density at radius 3 is 2.16 bits per heavy atom. The van der Waals surface area contributed by atoms with Crippen LogP contribution in [-0.2, 0) is 16.0 Å². The molecule has 4 heteroatoms. The summed E-state index contributed by atoms with van der Waals surface area (Å²) in [6.07, 6.45) is 0.244. The van der Waals surface area contributed by atoms with Crippen molar-refractivity contribution in [3.05, 3.63) is 35.9 Å². The van der Waals surface area contributed by atoms with Gasteiger partial charge < -0.3 is 10.2 Å². The van der Waals surface area contributed by atoms with Gasteiger partial charge in [-0.3, -0.25) is 9.59 Å². The molecule has 2 atom stereocenters. The molecule has 0 spiro atoms. The average molecular weight is 260 g/mol. The predicted octanol–water partition coefficient (Wildman–Crippen LogP) is 2.04. The van der Waals surface area contributed by atoms with Crippen molar-refractivity contribution in [2.45, 2.75) is 19.8 Å². The molecule has 0 aliphatic carbocycles. The van der Waals surface area contributed by atoms with Crippen LogP contribution < -0.4 is 0 Å². The standard InChI is InChI=1S/C15H16O4/c1-2-3-9-12(14(16)17)13(15(18)19)10-11-7-5-4-6-8-11/h4-8,12-13H,9-10H2,1H3,(H,16,17)(H,18,19)/t12-,13-/m0/s1. The fourth-order valence-corrected chi connectivity index (χ4v) is 1.88. The monoisotopic (exact) mass is 260 g/mol. The summed E-state index contributed by atoms with van der Waals surface area (Å²) in [5, 5.41) is 18.4. The molecule has 1 aromatic carbocycles. The van der Waals surface area contributed by atoms with E-state index in [9.17, 15) is 14.7 Å². The number of aliphatic carboxylic acids is 2. The van der Waals surface area contributed by atoms with Crippen LogP contribution in [0.5, 0.6) is 0 Å². The summed E-state index contributed by atoms with van der Waals surface area (Å²) in [5.74, 6) is 1.07. The van der Waals surface area contributed by atoms with Gasteiger partial charge in [0.15, 0.2) is 0 Å². The maximum absolute atomic E-state index is 11.3. The van der Waals surface area contributed by atoms with Crippen LogP contribution in [0.25, 0.3) is 0 Å². The summed E-state index contributed by atoms with van der Waals surface area (Å²) in [7, 11) is 0. The van der Waals surface area contributed by atoms with Crippen molar-refractivity contribution in [3.63, 3.8) is 0 Å². The minimum absolute atomic E-state index is 0.0512. The molecule has 4 nitrogen and oxygen atoms in total. The van der Waals surface area contributed by atoms with Gasteiger partial charge in [0.1, 0.15) is 0 Å². The Morgan fingerprint density at radius 1 is 1.11 bits per heavy atom. The molecular weight excluding hydrogens is 244 g/mol. The van der Waals surface area contributed by atoms with E-state index in [-0.39, 0.29) is 12.8 Å². The first-order valence-electron chi connectivity index (χ1n) is 5.95. The zero-order valence-electron chi connectivity index (χ0n) is 10.7. The lowest BCUT2D eigenvalue weighted by atomic mass is 9.85. The summed E-state index contributed by atoms with van der Waals surface area (Å²) in [6.45, 7) is 1.60. The van der Waals surface area contributed by atoms with E-state index < -0.39 is 23.8 Å². The van der Waals surface area contributed by atoms with Gasteiger partial charge in [0, 0.05) is 6.42 Å². The first-order chi connectivity index (χ1) is 9.06. The summed E-state index contributed by atoms with van der Waals surface area (Å²) in [4.78, 5) is 22.5. The fourth-order valence-electron chi connectivity index (χ4n) is 1.88. The highest BCUT2D eigenvalue weighted by Gasteiger charge is 2.33. The Hall–Kier alpha value is -2.28. The van der Waals surface area contributed by atoms with Crippen LogP contribution in [-0.4, -0.2) is 22.2 Å². The van der Waals surface area contributed by atoms with Gasteiger partial charge in [-0.15, -0.1) is 11.8 Å². The van der Waals surface area contributed by atoms with Crippen LogP contribution in [0.15, 0.2) is 30.3 Å². The molecule has 0 amide bonds. The van der Waals surface area contributed by atoms with E-state index in [1.807, 2.05) is 6.07 Å². The highest BCUT2D eigenvalue weighted by molar-refractivity contribution is 5.80. The Bertz CT molecular complexity index is 496. The Balaban J connectivity index is 2.93. The van der Waals surface area contributed by atoms with E-state index in [4.69, 9.17) is 5.11 Å². The van der Waals surface area contributed by atoms with E-state index >= 15 is 0 Å². The van der Waals surface area contributed by atoms with Gasteiger partial charge in [-0.05, 0) is 18.9 Å². The number of carboxylic acids is 2. The SMILES string of the molecule is CC#CC[C@H](C(=O)O)[C@H](Cc1ccccc1)C(=O)O. The molecule has 0 fully saturated rings. The minimum atomic E-state index is -1.12. The summed E-state index contributed by atoms with van der Waals surface area (Å²) >= 11 is 0. The molecule has 1 rings (SSSR count). The fraction of sp³-hybridized carbons (Fsp3) is 0.333. The van der Waals surface area contributed by atoms with Crippen molar-refractivity contribution in [3.8, 4) is 11.8 Å². The summed E-state index contributed by atoms with van der Waals surface area (Å²) in [5.41, 5.74) is 0.811. The van der Waals surface area contributed by atoms with Crippen LogP contribution in [0.4, 0.5) is 0 Å². The maximum atomic E-state index is 11.3. The third-order valence-electron chi connectivity index (χ3n) is 2.92. The van der Waals surface area contributed by atoms with Gasteiger partial charge >= 0.3 is 11.9 Å². The van der Waals surface area contributed by atoms with Gasteiger partial charge in [-0.2, -0.15) is 0 Å². The number of rotatable bonds is 6. The second-order valence-electron chi connectivity index (χ2n) is 4.21. The predicted molar refractivity (Wildman–Crippen MR) is 70.5 cm³/mol. The Morgan fingerprint density at radius 2 is 1.68 bits per heavy atom. The van der Waals surface area contributed by atoms with Crippen LogP contribution in [0.1, 0.15) is 18.9 Å². The van der Waals surface area contributed by atoms with Crippen LogP contribution in [0.3, 0.4) is 0 Å². The lowest BCUT2D eigenvalue weighted by Crippen LogP contribution is -2.31. The molecule has 0 bridgehead atoms. The normalized spacial score (nSPS) is 12.9. The smallest absolute Gasteiger partial charge is 0.308 e. The minimum Gasteiger partial charge on any atom is -0.481 e. The van der Waals surface area contributed by atoms with Crippen molar-refractivity contribution >= 4 is 11.9 Å². The molecular formula is C15H16O4. The zero-order chi connectivity index (χ0) is 14.3. The molecule has 2 N–H and O–H groups in total. The summed E-state index contributed by atoms with van der Waals surface area (Å²) in [6, 6.07) is 9.02. The quantitative estimate of drug-likeness (QED) is 0.767. The lowest BCUT2D eigenvalue weighted by molar-refractivity contribution is -0.153. The molecule has 0 radical (unpaired) electrons. The third kappa shape index (κ3) is 4.47. The first kappa shape index (κ1) is 14.8. The van der Waals surface area contributed by atoms with E-state index in [2.05, 4.69) is 11.8 Å². The number of benzene rings is 1. The number of hydrogen-bond acceptors (Lipinski definition) is 2. The Kier molecular flexibility index (Phi) is 5.62. The van der Waals surface area contributed by atoms with Crippen LogP contribution in [0, 0.1) is 23.7 Å². The molecule has 0 aromatic heterocycles. The first-order valence-corrected chi connectivity index (χ1v) is 5.95. The molecule has 0 aliphatic rings. The van der Waals surface area contributed by atoms with E-state index in [0.717, 1.165) is 5.56 Å². The number of carboxylic acid groups (broad SMARTS) is 2. The zero-order valence-corrected chi connectivity index (χ0v) is 10.7. The molecule has 0 heterocycles. The third-order valence-corrected chi connectivity index (χ3v) is 2.92. The maximum Gasteiger partial charge on any atom is 0.308 e. The highest BCUT2D eigenvalue weighted by atomic mass is 16.4. The molecule has 1 aromatic rings. The molecule has 0 saturated carbocycles. The molecule has 0 unspecified atom stereocenters. The van der Waals surface area contributed by atoms with Gasteiger partial charge in [-0.25, -0.2) is 0 Å². The Labute approximate surface area is 112 Å². The van der Waals surface area contributed by atoms with E-state index in [1.54, 1.807) is 31.2 Å². The highest BCUT2D eigenvalue weighted by Crippen LogP contribution is 2.21. The van der Waals surface area contributed by atoms with Crippen molar-refractivity contribution in [2.24, 2.45) is 11.8 Å².